The van der Waals surface area contributed by atoms with Gasteiger partial charge in [0.1, 0.15) is 12.4 Å². The maximum Gasteiger partial charge on any atom is 0.124 e. The smallest absolute Gasteiger partial charge is 0.124 e. The van der Waals surface area contributed by atoms with Gasteiger partial charge in [0.2, 0.25) is 0 Å². The molecule has 0 amide bonds. The van der Waals surface area contributed by atoms with E-state index in [1.165, 1.54) is 0 Å². The van der Waals surface area contributed by atoms with Crippen molar-refractivity contribution < 1.29 is 9.84 Å². The highest BCUT2D eigenvalue weighted by atomic mass is 16.5. The molecule has 0 bridgehead atoms. The molecule has 0 unspecified atom stereocenters. The standard InChI is InChI=1S/C19H25NO2/c1-2-3-12-17(21)19(20)16-11-7-8-13-18(16)22-14-15-9-5-4-6-10-15/h4-11,13,17,19,21H,2-3,12,14,20H2,1H3/t17-,19+/m0/s1. The highest BCUT2D eigenvalue weighted by Crippen LogP contribution is 2.28. The number of aliphatic hydroxyl groups excluding tert-OH is 1. The summed E-state index contributed by atoms with van der Waals surface area (Å²) in [6.45, 7) is 2.60. The summed E-state index contributed by atoms with van der Waals surface area (Å²) >= 11 is 0. The van der Waals surface area contributed by atoms with E-state index in [1.807, 2.05) is 54.6 Å². The molecule has 2 aromatic rings. The Labute approximate surface area is 132 Å². The summed E-state index contributed by atoms with van der Waals surface area (Å²) in [7, 11) is 0. The van der Waals surface area contributed by atoms with E-state index in [2.05, 4.69) is 6.92 Å². The molecular formula is C19H25NO2. The molecule has 0 aliphatic rings. The number of benzene rings is 2. The van der Waals surface area contributed by atoms with Gasteiger partial charge in [-0.15, -0.1) is 0 Å². The quantitative estimate of drug-likeness (QED) is 0.779. The molecule has 0 saturated carbocycles. The Kier molecular flexibility index (Phi) is 6.44. The van der Waals surface area contributed by atoms with Crippen LogP contribution in [0, 0.1) is 0 Å². The number of rotatable bonds is 8. The molecule has 0 spiro atoms. The first-order chi connectivity index (χ1) is 10.7. The maximum atomic E-state index is 10.2. The predicted molar refractivity (Wildman–Crippen MR) is 89.7 cm³/mol. The number of aliphatic hydroxyl groups is 1. The third-order valence-electron chi connectivity index (χ3n) is 3.78. The van der Waals surface area contributed by atoms with Gasteiger partial charge in [-0.25, -0.2) is 0 Å². The Morgan fingerprint density at radius 1 is 1.05 bits per heavy atom. The molecule has 0 saturated heterocycles. The number of hydrogen-bond donors (Lipinski definition) is 2. The SMILES string of the molecule is CCCC[C@H](O)[C@H](N)c1ccccc1OCc1ccccc1. The summed E-state index contributed by atoms with van der Waals surface area (Å²) < 4.78 is 5.91. The molecule has 3 heteroatoms. The molecule has 3 nitrogen and oxygen atoms in total. The van der Waals surface area contributed by atoms with Gasteiger partial charge >= 0.3 is 0 Å². The van der Waals surface area contributed by atoms with Gasteiger partial charge in [-0.2, -0.15) is 0 Å². The molecule has 0 aliphatic carbocycles. The van der Waals surface area contributed by atoms with Gasteiger partial charge < -0.3 is 15.6 Å². The van der Waals surface area contributed by atoms with Gasteiger partial charge in [-0.1, -0.05) is 68.3 Å². The zero-order valence-corrected chi connectivity index (χ0v) is 13.1. The van der Waals surface area contributed by atoms with Gasteiger partial charge in [0.15, 0.2) is 0 Å². The lowest BCUT2D eigenvalue weighted by atomic mass is 9.97. The average molecular weight is 299 g/mol. The van der Waals surface area contributed by atoms with E-state index in [4.69, 9.17) is 10.5 Å². The third kappa shape index (κ3) is 4.58. The Bertz CT molecular complexity index is 556. The van der Waals surface area contributed by atoms with Crippen molar-refractivity contribution in [2.24, 2.45) is 5.73 Å². The minimum Gasteiger partial charge on any atom is -0.489 e. The van der Waals surface area contributed by atoms with E-state index in [-0.39, 0.29) is 0 Å². The van der Waals surface area contributed by atoms with E-state index in [1.54, 1.807) is 0 Å². The summed E-state index contributed by atoms with van der Waals surface area (Å²) in [5.41, 5.74) is 8.19. The predicted octanol–water partition coefficient (Wildman–Crippen LogP) is 3.82. The van der Waals surface area contributed by atoms with E-state index < -0.39 is 12.1 Å². The van der Waals surface area contributed by atoms with Crippen LogP contribution in [0.1, 0.15) is 43.4 Å². The minimum atomic E-state index is -0.540. The number of ether oxygens (including phenoxy) is 1. The largest absolute Gasteiger partial charge is 0.489 e. The van der Waals surface area contributed by atoms with Gasteiger partial charge in [0.05, 0.1) is 12.1 Å². The second-order valence-corrected chi connectivity index (χ2v) is 5.55. The van der Waals surface area contributed by atoms with Crippen molar-refractivity contribution in [3.05, 3.63) is 65.7 Å². The summed E-state index contributed by atoms with van der Waals surface area (Å²) in [4.78, 5) is 0. The van der Waals surface area contributed by atoms with Gasteiger partial charge in [-0.3, -0.25) is 0 Å². The topological polar surface area (TPSA) is 55.5 Å². The van der Waals surface area contributed by atoms with Crippen LogP contribution in [0.3, 0.4) is 0 Å². The Morgan fingerprint density at radius 2 is 1.73 bits per heavy atom. The molecule has 3 N–H and O–H groups in total. The van der Waals surface area contributed by atoms with E-state index in [0.717, 1.165) is 29.7 Å². The minimum absolute atomic E-state index is 0.418. The van der Waals surface area contributed by atoms with Crippen LogP contribution in [0.2, 0.25) is 0 Å². The summed E-state index contributed by atoms with van der Waals surface area (Å²) in [6, 6.07) is 17.3. The Hall–Kier alpha value is -1.84. The molecule has 0 radical (unpaired) electrons. The molecule has 2 atom stereocenters. The lowest BCUT2D eigenvalue weighted by Gasteiger charge is -2.21. The molecule has 0 fully saturated rings. The first-order valence-electron chi connectivity index (χ1n) is 7.91. The van der Waals surface area contributed by atoms with Crippen molar-refractivity contribution in [3.8, 4) is 5.75 Å². The van der Waals surface area contributed by atoms with Crippen LogP contribution in [-0.2, 0) is 6.61 Å². The monoisotopic (exact) mass is 299 g/mol. The first kappa shape index (κ1) is 16.5. The molecule has 0 aromatic heterocycles. The van der Waals surface area contributed by atoms with E-state index in [9.17, 15) is 5.11 Å². The third-order valence-corrected chi connectivity index (χ3v) is 3.78. The zero-order chi connectivity index (χ0) is 15.8. The van der Waals surface area contributed by atoms with Crippen molar-refractivity contribution in [2.75, 3.05) is 0 Å². The van der Waals surface area contributed by atoms with Gasteiger partial charge in [0.25, 0.3) is 0 Å². The maximum absolute atomic E-state index is 10.2. The van der Waals surface area contributed by atoms with Crippen LogP contribution in [0.15, 0.2) is 54.6 Å². The van der Waals surface area contributed by atoms with Gasteiger partial charge in [-0.05, 0) is 18.1 Å². The second kappa shape index (κ2) is 8.57. The number of hydrogen-bond acceptors (Lipinski definition) is 3. The lowest BCUT2D eigenvalue weighted by molar-refractivity contribution is 0.130. The van der Waals surface area contributed by atoms with Crippen LogP contribution in [0.5, 0.6) is 5.75 Å². The molecule has 2 rings (SSSR count). The average Bonchev–Trinajstić information content (AvgIpc) is 2.58. The molecule has 118 valence electrons. The number of unbranched alkanes of at least 4 members (excludes halogenated alkanes) is 1. The van der Waals surface area contributed by atoms with Crippen LogP contribution >= 0.6 is 0 Å². The molecular weight excluding hydrogens is 274 g/mol. The summed E-state index contributed by atoms with van der Waals surface area (Å²) in [5.74, 6) is 0.745. The van der Waals surface area contributed by atoms with Crippen LogP contribution < -0.4 is 10.5 Å². The Morgan fingerprint density at radius 3 is 2.45 bits per heavy atom. The summed E-state index contributed by atoms with van der Waals surface area (Å²) in [6.07, 6.45) is 2.20. The van der Waals surface area contributed by atoms with E-state index in [0.29, 0.717) is 13.0 Å². The van der Waals surface area contributed by atoms with Crippen molar-refractivity contribution in [1.82, 2.24) is 0 Å². The number of nitrogens with two attached hydrogens (primary N) is 1. The molecule has 22 heavy (non-hydrogen) atoms. The molecule has 0 aliphatic heterocycles. The highest BCUT2D eigenvalue weighted by Gasteiger charge is 2.19. The highest BCUT2D eigenvalue weighted by molar-refractivity contribution is 5.36. The summed E-state index contributed by atoms with van der Waals surface area (Å²) in [5, 5.41) is 10.2. The van der Waals surface area contributed by atoms with Crippen molar-refractivity contribution in [3.63, 3.8) is 0 Å². The number of para-hydroxylation sites is 1. The fourth-order valence-electron chi connectivity index (χ4n) is 2.42. The zero-order valence-electron chi connectivity index (χ0n) is 13.1. The van der Waals surface area contributed by atoms with E-state index >= 15 is 0 Å². The van der Waals surface area contributed by atoms with Gasteiger partial charge in [0, 0.05) is 5.56 Å². The van der Waals surface area contributed by atoms with Crippen LogP contribution in [0.25, 0.3) is 0 Å². The molecule has 0 heterocycles. The van der Waals surface area contributed by atoms with Crippen molar-refractivity contribution >= 4 is 0 Å². The van der Waals surface area contributed by atoms with Crippen molar-refractivity contribution in [2.45, 2.75) is 44.9 Å². The molecule has 2 aromatic carbocycles. The lowest BCUT2D eigenvalue weighted by Crippen LogP contribution is -2.26. The second-order valence-electron chi connectivity index (χ2n) is 5.55. The normalized spacial score (nSPS) is 13.6. The van der Waals surface area contributed by atoms with Crippen molar-refractivity contribution in [1.29, 1.82) is 0 Å². The van der Waals surface area contributed by atoms with Crippen LogP contribution in [-0.4, -0.2) is 11.2 Å². The fraction of sp³-hybridized carbons (Fsp3) is 0.368. The first-order valence-corrected chi connectivity index (χ1v) is 7.91. The fourth-order valence-corrected chi connectivity index (χ4v) is 2.42. The van der Waals surface area contributed by atoms with Crippen LogP contribution in [0.4, 0.5) is 0 Å². The Balaban J connectivity index is 2.06.